The third kappa shape index (κ3) is 2.90. The molecule has 0 amide bonds. The van der Waals surface area contributed by atoms with E-state index in [-0.39, 0.29) is 6.04 Å². The number of sulfonamides is 1. The van der Waals surface area contributed by atoms with E-state index in [0.717, 1.165) is 24.8 Å². The Hall–Kier alpha value is -0.910. The van der Waals surface area contributed by atoms with Gasteiger partial charge in [0.15, 0.2) is 0 Å². The van der Waals surface area contributed by atoms with E-state index in [1.165, 1.54) is 0 Å². The number of hydrogen-bond donors (Lipinski definition) is 1. The van der Waals surface area contributed by atoms with Gasteiger partial charge in [-0.05, 0) is 37.3 Å². The fraction of sp³-hybridized carbons (Fsp3) is 0.600. The highest BCUT2D eigenvalue weighted by Gasteiger charge is 2.36. The summed E-state index contributed by atoms with van der Waals surface area (Å²) in [4.78, 5) is 0.411. The topological polar surface area (TPSA) is 63.4 Å². The quantitative estimate of drug-likeness (QED) is 0.926. The highest BCUT2D eigenvalue weighted by molar-refractivity contribution is 7.89. The van der Waals surface area contributed by atoms with Crippen molar-refractivity contribution in [3.8, 4) is 0 Å². The van der Waals surface area contributed by atoms with Gasteiger partial charge in [-0.3, -0.25) is 0 Å². The third-order valence-electron chi connectivity index (χ3n) is 4.30. The Morgan fingerprint density at radius 2 is 2.05 bits per heavy atom. The SMILES string of the molecule is CCC1CCN(S(=O)(=O)c2ccccc2C)C(CN)C1. The van der Waals surface area contributed by atoms with Crippen LogP contribution in [0.1, 0.15) is 31.7 Å². The largest absolute Gasteiger partial charge is 0.329 e. The van der Waals surface area contributed by atoms with Crippen molar-refractivity contribution in [2.45, 2.75) is 44.0 Å². The van der Waals surface area contributed by atoms with Gasteiger partial charge in [0.2, 0.25) is 10.0 Å². The van der Waals surface area contributed by atoms with Crippen LogP contribution in [0.3, 0.4) is 0 Å². The number of aryl methyl sites for hydroxylation is 1. The summed E-state index contributed by atoms with van der Waals surface area (Å²) in [6.07, 6.45) is 2.89. The maximum atomic E-state index is 12.8. The lowest BCUT2D eigenvalue weighted by Crippen LogP contribution is -2.49. The van der Waals surface area contributed by atoms with Crippen molar-refractivity contribution in [1.82, 2.24) is 4.31 Å². The Balaban J connectivity index is 2.32. The van der Waals surface area contributed by atoms with Gasteiger partial charge in [-0.1, -0.05) is 31.5 Å². The first-order chi connectivity index (χ1) is 9.50. The minimum atomic E-state index is -3.43. The number of hydrogen-bond acceptors (Lipinski definition) is 3. The molecule has 20 heavy (non-hydrogen) atoms. The number of nitrogens with two attached hydrogens (primary N) is 1. The number of piperidine rings is 1. The van der Waals surface area contributed by atoms with Gasteiger partial charge < -0.3 is 5.73 Å². The predicted octanol–water partition coefficient (Wildman–Crippen LogP) is 2.13. The smallest absolute Gasteiger partial charge is 0.243 e. The molecule has 0 aromatic heterocycles. The lowest BCUT2D eigenvalue weighted by atomic mass is 9.90. The van der Waals surface area contributed by atoms with Crippen molar-refractivity contribution in [2.75, 3.05) is 13.1 Å². The van der Waals surface area contributed by atoms with Crippen LogP contribution in [0.15, 0.2) is 29.2 Å². The molecular weight excluding hydrogens is 272 g/mol. The van der Waals surface area contributed by atoms with Crippen molar-refractivity contribution in [2.24, 2.45) is 11.7 Å². The van der Waals surface area contributed by atoms with E-state index in [9.17, 15) is 8.42 Å². The van der Waals surface area contributed by atoms with Crippen LogP contribution in [0, 0.1) is 12.8 Å². The second kappa shape index (κ2) is 6.24. The first-order valence-electron chi connectivity index (χ1n) is 7.28. The summed E-state index contributed by atoms with van der Waals surface area (Å²) >= 11 is 0. The van der Waals surface area contributed by atoms with E-state index in [0.29, 0.717) is 23.9 Å². The van der Waals surface area contributed by atoms with Crippen LogP contribution in [0.4, 0.5) is 0 Å². The third-order valence-corrected chi connectivity index (χ3v) is 6.41. The maximum Gasteiger partial charge on any atom is 0.243 e. The highest BCUT2D eigenvalue weighted by Crippen LogP contribution is 2.30. The van der Waals surface area contributed by atoms with E-state index in [4.69, 9.17) is 5.73 Å². The van der Waals surface area contributed by atoms with Gasteiger partial charge in [0.25, 0.3) is 0 Å². The Labute approximate surface area is 122 Å². The average molecular weight is 296 g/mol. The van der Waals surface area contributed by atoms with Crippen LogP contribution in [-0.2, 0) is 10.0 Å². The molecule has 4 nitrogen and oxygen atoms in total. The normalized spacial score (nSPS) is 24.8. The van der Waals surface area contributed by atoms with Gasteiger partial charge in [0.05, 0.1) is 4.90 Å². The zero-order chi connectivity index (χ0) is 14.8. The molecule has 1 heterocycles. The molecule has 2 atom stereocenters. The number of rotatable bonds is 4. The van der Waals surface area contributed by atoms with Gasteiger partial charge >= 0.3 is 0 Å². The van der Waals surface area contributed by atoms with Gasteiger partial charge in [0.1, 0.15) is 0 Å². The predicted molar refractivity (Wildman–Crippen MR) is 80.9 cm³/mol. The molecule has 2 unspecified atom stereocenters. The van der Waals surface area contributed by atoms with Crippen molar-refractivity contribution < 1.29 is 8.42 Å². The van der Waals surface area contributed by atoms with Crippen LogP contribution in [0.5, 0.6) is 0 Å². The molecule has 1 aromatic rings. The molecule has 0 aliphatic carbocycles. The van der Waals surface area contributed by atoms with E-state index >= 15 is 0 Å². The highest BCUT2D eigenvalue weighted by atomic mass is 32.2. The van der Waals surface area contributed by atoms with E-state index in [1.807, 2.05) is 19.1 Å². The summed E-state index contributed by atoms with van der Waals surface area (Å²) in [7, 11) is -3.43. The molecule has 1 aliphatic rings. The molecule has 1 saturated heterocycles. The van der Waals surface area contributed by atoms with Crippen molar-refractivity contribution in [3.05, 3.63) is 29.8 Å². The Morgan fingerprint density at radius 1 is 1.35 bits per heavy atom. The molecular formula is C15H24N2O2S. The second-order valence-electron chi connectivity index (χ2n) is 5.57. The summed E-state index contributed by atoms with van der Waals surface area (Å²) in [5.74, 6) is 0.590. The molecule has 0 spiro atoms. The average Bonchev–Trinajstić information content (AvgIpc) is 2.46. The molecule has 2 N–H and O–H groups in total. The van der Waals surface area contributed by atoms with Gasteiger partial charge in [-0.25, -0.2) is 8.42 Å². The lowest BCUT2D eigenvalue weighted by molar-refractivity contribution is 0.197. The fourth-order valence-electron chi connectivity index (χ4n) is 2.99. The zero-order valence-electron chi connectivity index (χ0n) is 12.2. The van der Waals surface area contributed by atoms with Crippen LogP contribution in [-0.4, -0.2) is 31.9 Å². The minimum Gasteiger partial charge on any atom is -0.329 e. The molecule has 2 rings (SSSR count). The first-order valence-corrected chi connectivity index (χ1v) is 8.72. The Kier molecular flexibility index (Phi) is 4.83. The summed E-state index contributed by atoms with van der Waals surface area (Å²) in [5.41, 5.74) is 6.61. The maximum absolute atomic E-state index is 12.8. The Bertz CT molecular complexity index is 557. The summed E-state index contributed by atoms with van der Waals surface area (Å²) < 4.78 is 27.3. The van der Waals surface area contributed by atoms with Crippen LogP contribution in [0.2, 0.25) is 0 Å². The van der Waals surface area contributed by atoms with E-state index < -0.39 is 10.0 Å². The van der Waals surface area contributed by atoms with Crippen LogP contribution < -0.4 is 5.73 Å². The summed E-state index contributed by atoms with van der Waals surface area (Å²) in [6.45, 7) is 4.96. The second-order valence-corrected chi connectivity index (χ2v) is 7.43. The van der Waals surface area contributed by atoms with E-state index in [2.05, 4.69) is 6.92 Å². The van der Waals surface area contributed by atoms with Gasteiger partial charge in [-0.15, -0.1) is 0 Å². The lowest BCUT2D eigenvalue weighted by Gasteiger charge is -2.38. The van der Waals surface area contributed by atoms with Gasteiger partial charge in [0, 0.05) is 19.1 Å². The summed E-state index contributed by atoms with van der Waals surface area (Å²) in [5, 5.41) is 0. The molecule has 112 valence electrons. The van der Waals surface area contributed by atoms with Crippen LogP contribution in [0.25, 0.3) is 0 Å². The van der Waals surface area contributed by atoms with Crippen molar-refractivity contribution in [3.63, 3.8) is 0 Å². The van der Waals surface area contributed by atoms with Crippen molar-refractivity contribution >= 4 is 10.0 Å². The molecule has 0 bridgehead atoms. The monoisotopic (exact) mass is 296 g/mol. The van der Waals surface area contributed by atoms with Crippen LogP contribution >= 0.6 is 0 Å². The Morgan fingerprint density at radius 3 is 2.65 bits per heavy atom. The number of nitrogens with zero attached hydrogens (tertiary/aromatic N) is 1. The minimum absolute atomic E-state index is 0.0710. The number of benzene rings is 1. The summed E-state index contributed by atoms with van der Waals surface area (Å²) in [6, 6.07) is 7.08. The van der Waals surface area contributed by atoms with Crippen molar-refractivity contribution in [1.29, 1.82) is 0 Å². The fourth-order valence-corrected chi connectivity index (χ4v) is 4.87. The first kappa shape index (κ1) is 15.5. The molecule has 0 radical (unpaired) electrons. The molecule has 5 heteroatoms. The molecule has 1 aromatic carbocycles. The molecule has 0 saturated carbocycles. The zero-order valence-corrected chi connectivity index (χ0v) is 13.1. The molecule has 1 aliphatic heterocycles. The van der Waals surface area contributed by atoms with E-state index in [1.54, 1.807) is 16.4 Å². The standard InChI is InChI=1S/C15H24N2O2S/c1-3-13-8-9-17(14(10-13)11-16)20(18,19)15-7-5-4-6-12(15)2/h4-7,13-14H,3,8-11,16H2,1-2H3. The molecule has 1 fully saturated rings. The van der Waals surface area contributed by atoms with Gasteiger partial charge in [-0.2, -0.15) is 4.31 Å².